The summed E-state index contributed by atoms with van der Waals surface area (Å²) in [6.45, 7) is 3.78. The van der Waals surface area contributed by atoms with Crippen molar-refractivity contribution in [3.8, 4) is 5.75 Å². The molecule has 8 heteroatoms. The van der Waals surface area contributed by atoms with Crippen LogP contribution in [0.15, 0.2) is 48.9 Å². The number of hydrogen-bond acceptors (Lipinski definition) is 6. The molecule has 150 valence electrons. The molecule has 0 unspecified atom stereocenters. The highest BCUT2D eigenvalue weighted by Gasteiger charge is 2.40. The average Bonchev–Trinajstić information content (AvgIpc) is 3.33. The highest BCUT2D eigenvalue weighted by Crippen LogP contribution is 2.24. The fraction of sp³-hybridized carbons (Fsp3) is 0.381. The lowest BCUT2D eigenvalue weighted by Crippen LogP contribution is -2.33. The zero-order chi connectivity index (χ0) is 19.8. The van der Waals surface area contributed by atoms with Gasteiger partial charge in [-0.15, -0.1) is 0 Å². The fourth-order valence-electron chi connectivity index (χ4n) is 3.76. The van der Waals surface area contributed by atoms with Gasteiger partial charge in [0.25, 0.3) is 5.91 Å². The molecule has 5 rings (SSSR count). The van der Waals surface area contributed by atoms with Gasteiger partial charge in [0.2, 0.25) is 0 Å². The Kier molecular flexibility index (Phi) is 4.65. The second-order valence-electron chi connectivity index (χ2n) is 7.44. The maximum atomic E-state index is 12.9. The second kappa shape index (κ2) is 7.46. The number of ether oxygens (including phenoxy) is 3. The van der Waals surface area contributed by atoms with Crippen molar-refractivity contribution in [3.63, 3.8) is 0 Å². The summed E-state index contributed by atoms with van der Waals surface area (Å²) in [6.07, 6.45) is 4.72. The number of aryl methyl sites for hydroxylation is 1. The second-order valence-corrected chi connectivity index (χ2v) is 7.44. The van der Waals surface area contributed by atoms with Crippen LogP contribution in [0, 0.1) is 6.92 Å². The topological polar surface area (TPSA) is 78.2 Å². The van der Waals surface area contributed by atoms with Crippen LogP contribution in [-0.4, -0.2) is 70.0 Å². The molecule has 3 aromatic heterocycles. The predicted octanol–water partition coefficient (Wildman–Crippen LogP) is 1.73. The van der Waals surface area contributed by atoms with E-state index in [9.17, 15) is 4.79 Å². The molecule has 2 aliphatic rings. The Morgan fingerprint density at radius 2 is 1.93 bits per heavy atom. The molecule has 0 radical (unpaired) electrons. The maximum Gasteiger partial charge on any atom is 0.254 e. The Balaban J connectivity index is 1.21. The van der Waals surface area contributed by atoms with E-state index in [-0.39, 0.29) is 24.2 Å². The largest absolute Gasteiger partial charge is 0.484 e. The number of amides is 1. The lowest BCUT2D eigenvalue weighted by atomic mass is 10.2. The van der Waals surface area contributed by atoms with E-state index in [1.54, 1.807) is 34.1 Å². The molecule has 0 saturated carbocycles. The summed E-state index contributed by atoms with van der Waals surface area (Å²) in [5.41, 5.74) is 2.47. The first-order valence-electron chi connectivity index (χ1n) is 9.71. The Labute approximate surface area is 168 Å². The number of nitrogens with zero attached hydrogens (tertiary/aromatic N) is 4. The summed E-state index contributed by atoms with van der Waals surface area (Å²) in [7, 11) is 0. The normalized spacial score (nSPS) is 22.4. The van der Waals surface area contributed by atoms with Crippen LogP contribution in [0.5, 0.6) is 5.75 Å². The molecule has 0 aromatic carbocycles. The third-order valence-electron chi connectivity index (χ3n) is 5.33. The Morgan fingerprint density at radius 3 is 2.66 bits per heavy atom. The van der Waals surface area contributed by atoms with Crippen LogP contribution in [0.2, 0.25) is 0 Å². The minimum atomic E-state index is -0.196. The smallest absolute Gasteiger partial charge is 0.254 e. The van der Waals surface area contributed by atoms with E-state index in [4.69, 9.17) is 14.2 Å². The van der Waals surface area contributed by atoms with Crippen molar-refractivity contribution in [3.05, 3.63) is 60.2 Å². The van der Waals surface area contributed by atoms with E-state index in [2.05, 4.69) is 10.1 Å². The zero-order valence-electron chi connectivity index (χ0n) is 16.1. The maximum absolute atomic E-state index is 12.9. The summed E-state index contributed by atoms with van der Waals surface area (Å²) >= 11 is 0. The first kappa shape index (κ1) is 18.1. The SMILES string of the molecule is Cc1ccc(OC2CO[C@H]3CN(C(=O)c4ccn5nccc5c4)C[C@@H]3OC2)cn1. The van der Waals surface area contributed by atoms with Gasteiger partial charge in [0, 0.05) is 36.7 Å². The van der Waals surface area contributed by atoms with Crippen molar-refractivity contribution in [1.29, 1.82) is 0 Å². The van der Waals surface area contributed by atoms with E-state index in [1.807, 2.05) is 31.2 Å². The van der Waals surface area contributed by atoms with Gasteiger partial charge in [-0.05, 0) is 37.3 Å². The van der Waals surface area contributed by atoms with Crippen molar-refractivity contribution < 1.29 is 19.0 Å². The zero-order valence-corrected chi connectivity index (χ0v) is 16.1. The molecule has 5 heterocycles. The fourth-order valence-corrected chi connectivity index (χ4v) is 3.76. The lowest BCUT2D eigenvalue weighted by Gasteiger charge is -2.19. The van der Waals surface area contributed by atoms with Crippen LogP contribution in [-0.2, 0) is 9.47 Å². The van der Waals surface area contributed by atoms with Gasteiger partial charge in [0.1, 0.15) is 24.1 Å². The van der Waals surface area contributed by atoms with Crippen molar-refractivity contribution in [1.82, 2.24) is 19.5 Å². The Hall–Kier alpha value is -2.97. The summed E-state index contributed by atoms with van der Waals surface area (Å²) < 4.78 is 19.7. The molecule has 2 aliphatic heterocycles. The number of hydrogen-bond donors (Lipinski definition) is 0. The van der Waals surface area contributed by atoms with Gasteiger partial charge < -0.3 is 19.1 Å². The molecule has 0 spiro atoms. The van der Waals surface area contributed by atoms with E-state index in [0.717, 1.165) is 11.2 Å². The number of fused-ring (bicyclic) bond motifs is 2. The van der Waals surface area contributed by atoms with Gasteiger partial charge in [-0.1, -0.05) is 0 Å². The van der Waals surface area contributed by atoms with E-state index >= 15 is 0 Å². The third kappa shape index (κ3) is 3.68. The Bertz CT molecular complexity index is 1000. The first-order chi connectivity index (χ1) is 14.2. The molecule has 0 N–H and O–H groups in total. The average molecular weight is 394 g/mol. The minimum absolute atomic E-state index is 0.0208. The quantitative estimate of drug-likeness (QED) is 0.673. The molecule has 3 aromatic rings. The predicted molar refractivity (Wildman–Crippen MR) is 104 cm³/mol. The monoisotopic (exact) mass is 394 g/mol. The van der Waals surface area contributed by atoms with E-state index in [0.29, 0.717) is 37.6 Å². The molecule has 2 atom stereocenters. The van der Waals surface area contributed by atoms with Gasteiger partial charge in [0.15, 0.2) is 0 Å². The number of aromatic nitrogens is 3. The van der Waals surface area contributed by atoms with Crippen molar-refractivity contribution >= 4 is 11.4 Å². The minimum Gasteiger partial charge on any atom is -0.484 e. The summed E-state index contributed by atoms with van der Waals surface area (Å²) in [5, 5.41) is 4.16. The van der Waals surface area contributed by atoms with Crippen LogP contribution in [0.1, 0.15) is 16.1 Å². The molecule has 0 bridgehead atoms. The highest BCUT2D eigenvalue weighted by molar-refractivity contribution is 5.95. The van der Waals surface area contributed by atoms with Crippen LogP contribution >= 0.6 is 0 Å². The van der Waals surface area contributed by atoms with Gasteiger partial charge in [0.05, 0.1) is 24.9 Å². The number of carbonyl (C=O) groups is 1. The van der Waals surface area contributed by atoms with E-state index in [1.165, 1.54) is 0 Å². The van der Waals surface area contributed by atoms with Crippen molar-refractivity contribution in [2.24, 2.45) is 0 Å². The third-order valence-corrected chi connectivity index (χ3v) is 5.33. The van der Waals surface area contributed by atoms with Gasteiger partial charge in [-0.3, -0.25) is 9.78 Å². The van der Waals surface area contributed by atoms with Crippen LogP contribution in [0.3, 0.4) is 0 Å². The molecular weight excluding hydrogens is 372 g/mol. The van der Waals surface area contributed by atoms with Crippen LogP contribution < -0.4 is 4.74 Å². The molecule has 0 aliphatic carbocycles. The van der Waals surface area contributed by atoms with Crippen LogP contribution in [0.25, 0.3) is 5.52 Å². The molecule has 2 saturated heterocycles. The van der Waals surface area contributed by atoms with E-state index < -0.39 is 0 Å². The highest BCUT2D eigenvalue weighted by atomic mass is 16.6. The molecule has 1 amide bonds. The molecule has 2 fully saturated rings. The number of carbonyl (C=O) groups excluding carboxylic acids is 1. The molecule has 8 nitrogen and oxygen atoms in total. The number of likely N-dealkylation sites (tertiary alicyclic amines) is 1. The standard InChI is InChI=1S/C21H22N4O4/c1-14-2-3-17(9-22-14)29-18-12-27-19-10-24(11-20(19)28-13-18)21(26)15-5-7-25-16(8-15)4-6-23-25/h2-9,18-20H,10-13H2,1H3/t19-,20-/m0/s1. The number of pyridine rings is 2. The number of rotatable bonds is 3. The lowest BCUT2D eigenvalue weighted by molar-refractivity contribution is -0.00461. The Morgan fingerprint density at radius 1 is 1.14 bits per heavy atom. The van der Waals surface area contributed by atoms with Crippen molar-refractivity contribution in [2.75, 3.05) is 26.3 Å². The van der Waals surface area contributed by atoms with Crippen molar-refractivity contribution in [2.45, 2.75) is 25.2 Å². The molecular formula is C21H22N4O4. The van der Waals surface area contributed by atoms with Gasteiger partial charge in [-0.25, -0.2) is 4.52 Å². The molecule has 29 heavy (non-hydrogen) atoms. The summed E-state index contributed by atoms with van der Waals surface area (Å²) in [4.78, 5) is 19.0. The summed E-state index contributed by atoms with van der Waals surface area (Å²) in [5.74, 6) is 0.680. The van der Waals surface area contributed by atoms with Gasteiger partial charge in [-0.2, -0.15) is 5.10 Å². The summed E-state index contributed by atoms with van der Waals surface area (Å²) in [6, 6.07) is 9.32. The van der Waals surface area contributed by atoms with Gasteiger partial charge >= 0.3 is 0 Å². The first-order valence-corrected chi connectivity index (χ1v) is 9.71. The van der Waals surface area contributed by atoms with Crippen LogP contribution in [0.4, 0.5) is 0 Å².